The molecular formula is C15H17N5. The third-order valence-corrected chi connectivity index (χ3v) is 3.42. The van der Waals surface area contributed by atoms with Gasteiger partial charge in [-0.1, -0.05) is 12.1 Å². The summed E-state index contributed by atoms with van der Waals surface area (Å²) in [5.74, 6) is 1.69. The van der Waals surface area contributed by atoms with Gasteiger partial charge in [0.15, 0.2) is 5.65 Å². The van der Waals surface area contributed by atoms with Gasteiger partial charge >= 0.3 is 0 Å². The Morgan fingerprint density at radius 2 is 1.90 bits per heavy atom. The van der Waals surface area contributed by atoms with Crippen LogP contribution in [0.15, 0.2) is 30.3 Å². The topological polar surface area (TPSA) is 70.8 Å². The number of H-pyrrole nitrogens is 1. The number of benzene rings is 1. The van der Waals surface area contributed by atoms with Gasteiger partial charge in [-0.2, -0.15) is 0 Å². The number of aromatic nitrogens is 3. The van der Waals surface area contributed by atoms with Gasteiger partial charge in [-0.3, -0.25) is 0 Å². The average molecular weight is 267 g/mol. The quantitative estimate of drug-likeness (QED) is 0.700. The van der Waals surface area contributed by atoms with Crippen LogP contribution in [-0.4, -0.2) is 29.0 Å². The van der Waals surface area contributed by atoms with E-state index in [4.69, 9.17) is 5.73 Å². The van der Waals surface area contributed by atoms with Crippen LogP contribution < -0.4 is 10.6 Å². The van der Waals surface area contributed by atoms with Crippen molar-refractivity contribution in [3.05, 3.63) is 35.9 Å². The predicted molar refractivity (Wildman–Crippen MR) is 82.8 cm³/mol. The van der Waals surface area contributed by atoms with Gasteiger partial charge in [-0.25, -0.2) is 9.97 Å². The molecule has 5 heteroatoms. The summed E-state index contributed by atoms with van der Waals surface area (Å²) >= 11 is 0. The fourth-order valence-electron chi connectivity index (χ4n) is 2.17. The third-order valence-electron chi connectivity index (χ3n) is 3.42. The molecule has 0 fully saturated rings. The lowest BCUT2D eigenvalue weighted by molar-refractivity contribution is 1.08. The van der Waals surface area contributed by atoms with E-state index in [1.54, 1.807) is 0 Å². The van der Waals surface area contributed by atoms with Crippen LogP contribution in [0.5, 0.6) is 0 Å². The van der Waals surface area contributed by atoms with Crippen LogP contribution in [0.4, 0.5) is 11.5 Å². The number of aromatic amines is 1. The number of nitrogens with one attached hydrogen (secondary N) is 1. The van der Waals surface area contributed by atoms with Crippen molar-refractivity contribution in [1.82, 2.24) is 15.0 Å². The molecule has 3 N–H and O–H groups in total. The summed E-state index contributed by atoms with van der Waals surface area (Å²) < 4.78 is 0. The highest BCUT2D eigenvalue weighted by Gasteiger charge is 2.10. The summed E-state index contributed by atoms with van der Waals surface area (Å²) in [6, 6.07) is 9.80. The van der Waals surface area contributed by atoms with Gasteiger partial charge in [0.1, 0.15) is 11.6 Å². The molecule has 2 heterocycles. The van der Waals surface area contributed by atoms with Crippen molar-refractivity contribution in [2.45, 2.75) is 6.92 Å². The Kier molecular flexibility index (Phi) is 2.82. The SMILES string of the molecule is Cc1c(N)cccc1-c1nc2nc(N(C)C)ccc2[nH]1. The number of nitrogen functional groups attached to an aromatic ring is 1. The van der Waals surface area contributed by atoms with Crippen LogP contribution in [0.2, 0.25) is 0 Å². The molecule has 0 atom stereocenters. The zero-order valence-corrected chi connectivity index (χ0v) is 11.8. The second-order valence-electron chi connectivity index (χ2n) is 5.04. The average Bonchev–Trinajstić information content (AvgIpc) is 2.84. The van der Waals surface area contributed by atoms with Gasteiger partial charge in [0.2, 0.25) is 0 Å². The first-order valence-corrected chi connectivity index (χ1v) is 6.46. The van der Waals surface area contributed by atoms with Crippen molar-refractivity contribution in [2.24, 2.45) is 0 Å². The molecular weight excluding hydrogens is 250 g/mol. The van der Waals surface area contributed by atoms with Gasteiger partial charge in [-0.05, 0) is 30.7 Å². The minimum atomic E-state index is 0.716. The zero-order valence-electron chi connectivity index (χ0n) is 11.8. The van der Waals surface area contributed by atoms with Gasteiger partial charge in [0.25, 0.3) is 0 Å². The normalized spacial score (nSPS) is 10.9. The zero-order chi connectivity index (χ0) is 14.3. The minimum Gasteiger partial charge on any atom is -0.398 e. The van der Waals surface area contributed by atoms with E-state index in [9.17, 15) is 0 Å². The number of nitrogens with two attached hydrogens (primary N) is 1. The smallest absolute Gasteiger partial charge is 0.180 e. The predicted octanol–water partition coefficient (Wildman–Crippen LogP) is 2.58. The fraction of sp³-hybridized carbons (Fsp3) is 0.200. The molecule has 0 radical (unpaired) electrons. The summed E-state index contributed by atoms with van der Waals surface area (Å²) in [7, 11) is 3.92. The van der Waals surface area contributed by atoms with Crippen LogP contribution in [0, 0.1) is 6.92 Å². The molecule has 0 bridgehead atoms. The molecule has 5 nitrogen and oxygen atoms in total. The van der Waals surface area contributed by atoms with Crippen LogP contribution >= 0.6 is 0 Å². The first kappa shape index (κ1) is 12.5. The molecule has 3 aromatic rings. The highest BCUT2D eigenvalue weighted by Crippen LogP contribution is 2.26. The molecule has 0 amide bonds. The van der Waals surface area contributed by atoms with Crippen LogP contribution in [0.1, 0.15) is 5.56 Å². The number of pyridine rings is 1. The largest absolute Gasteiger partial charge is 0.398 e. The first-order valence-electron chi connectivity index (χ1n) is 6.46. The summed E-state index contributed by atoms with van der Waals surface area (Å²) in [6.07, 6.45) is 0. The summed E-state index contributed by atoms with van der Waals surface area (Å²) in [4.78, 5) is 14.4. The Labute approximate surface area is 117 Å². The lowest BCUT2D eigenvalue weighted by Crippen LogP contribution is -2.10. The molecule has 20 heavy (non-hydrogen) atoms. The molecule has 0 unspecified atom stereocenters. The number of nitrogens with zero attached hydrogens (tertiary/aromatic N) is 3. The van der Waals surface area contributed by atoms with E-state index in [1.807, 2.05) is 56.3 Å². The van der Waals surface area contributed by atoms with Gasteiger partial charge in [0.05, 0.1) is 5.52 Å². The number of hydrogen-bond donors (Lipinski definition) is 2. The standard InChI is InChI=1S/C15H17N5/c1-9-10(5-4-6-11(9)16)14-17-12-7-8-13(20(2)3)18-15(12)19-14/h4-8H,16H2,1-3H3,(H,17,18,19). The summed E-state index contributed by atoms with van der Waals surface area (Å²) in [6.45, 7) is 2.00. The molecule has 0 saturated heterocycles. The van der Waals surface area contributed by atoms with Crippen molar-refractivity contribution in [3.8, 4) is 11.4 Å². The number of fused-ring (bicyclic) bond motifs is 1. The molecule has 2 aromatic heterocycles. The second-order valence-corrected chi connectivity index (χ2v) is 5.04. The highest BCUT2D eigenvalue weighted by molar-refractivity contribution is 5.79. The van der Waals surface area contributed by atoms with E-state index in [0.717, 1.165) is 34.0 Å². The van der Waals surface area contributed by atoms with Crippen molar-refractivity contribution < 1.29 is 0 Å². The van der Waals surface area contributed by atoms with Crippen molar-refractivity contribution in [3.63, 3.8) is 0 Å². The van der Waals surface area contributed by atoms with E-state index < -0.39 is 0 Å². The molecule has 0 aliphatic heterocycles. The maximum atomic E-state index is 5.95. The summed E-state index contributed by atoms with van der Waals surface area (Å²) in [5, 5.41) is 0. The van der Waals surface area contributed by atoms with Crippen LogP contribution in [0.25, 0.3) is 22.6 Å². The molecule has 0 aliphatic rings. The number of anilines is 2. The van der Waals surface area contributed by atoms with Crippen molar-refractivity contribution in [1.29, 1.82) is 0 Å². The maximum absolute atomic E-state index is 5.95. The minimum absolute atomic E-state index is 0.716. The van der Waals surface area contributed by atoms with E-state index in [1.165, 1.54) is 0 Å². The first-order chi connectivity index (χ1) is 9.56. The Morgan fingerprint density at radius 1 is 1.10 bits per heavy atom. The molecule has 3 rings (SSSR count). The van der Waals surface area contributed by atoms with Gasteiger partial charge in [-0.15, -0.1) is 0 Å². The number of rotatable bonds is 2. The lowest BCUT2D eigenvalue weighted by atomic mass is 10.1. The third kappa shape index (κ3) is 1.97. The molecule has 0 aliphatic carbocycles. The highest BCUT2D eigenvalue weighted by atomic mass is 15.1. The summed E-state index contributed by atoms with van der Waals surface area (Å²) in [5.41, 5.74) is 10.4. The maximum Gasteiger partial charge on any atom is 0.180 e. The monoisotopic (exact) mass is 267 g/mol. The van der Waals surface area contributed by atoms with Gasteiger partial charge < -0.3 is 15.6 Å². The van der Waals surface area contributed by atoms with E-state index in [-0.39, 0.29) is 0 Å². The molecule has 0 saturated carbocycles. The lowest BCUT2D eigenvalue weighted by Gasteiger charge is -2.09. The Morgan fingerprint density at radius 3 is 2.65 bits per heavy atom. The molecule has 102 valence electrons. The Bertz CT molecular complexity index is 773. The van der Waals surface area contributed by atoms with Crippen molar-refractivity contribution in [2.75, 3.05) is 24.7 Å². The van der Waals surface area contributed by atoms with E-state index >= 15 is 0 Å². The fourth-order valence-corrected chi connectivity index (χ4v) is 2.17. The number of hydrogen-bond acceptors (Lipinski definition) is 4. The second kappa shape index (κ2) is 4.52. The van der Waals surface area contributed by atoms with E-state index in [0.29, 0.717) is 5.65 Å². The molecule has 0 spiro atoms. The van der Waals surface area contributed by atoms with E-state index in [2.05, 4.69) is 15.0 Å². The van der Waals surface area contributed by atoms with Gasteiger partial charge in [0, 0.05) is 25.3 Å². The van der Waals surface area contributed by atoms with Crippen LogP contribution in [0.3, 0.4) is 0 Å². The van der Waals surface area contributed by atoms with Crippen LogP contribution in [-0.2, 0) is 0 Å². The Balaban J connectivity index is 2.15. The molecule has 1 aromatic carbocycles. The number of imidazole rings is 1. The van der Waals surface area contributed by atoms with Crippen molar-refractivity contribution >= 4 is 22.7 Å². The Hall–Kier alpha value is -2.56.